The summed E-state index contributed by atoms with van der Waals surface area (Å²) in [4.78, 5) is 23.8. The summed E-state index contributed by atoms with van der Waals surface area (Å²) >= 11 is 2.17. The van der Waals surface area contributed by atoms with Gasteiger partial charge < -0.3 is 9.47 Å². The van der Waals surface area contributed by atoms with Gasteiger partial charge in [-0.05, 0) is 72.3 Å². The zero-order valence-electron chi connectivity index (χ0n) is 12.3. The number of aryl methyl sites for hydroxylation is 1. The smallest absolute Gasteiger partial charge is 0.343 e. The van der Waals surface area contributed by atoms with Crippen LogP contribution >= 0.6 is 22.6 Å². The molecule has 4 nitrogen and oxygen atoms in total. The summed E-state index contributed by atoms with van der Waals surface area (Å²) in [7, 11) is 0. The highest BCUT2D eigenvalue weighted by Gasteiger charge is 2.12. The van der Waals surface area contributed by atoms with Crippen LogP contribution in [0, 0.1) is 10.5 Å². The molecule has 2 aromatic carbocycles. The van der Waals surface area contributed by atoms with Crippen LogP contribution in [-0.4, -0.2) is 18.5 Å². The third-order valence-corrected chi connectivity index (χ3v) is 4.13. The van der Waals surface area contributed by atoms with Crippen LogP contribution in [0.15, 0.2) is 42.5 Å². The maximum Gasteiger partial charge on any atom is 0.343 e. The predicted octanol–water partition coefficient (Wildman–Crippen LogP) is 4.00. The van der Waals surface area contributed by atoms with E-state index < -0.39 is 11.9 Å². The highest BCUT2D eigenvalue weighted by molar-refractivity contribution is 14.1. The van der Waals surface area contributed by atoms with Crippen molar-refractivity contribution in [1.82, 2.24) is 0 Å². The maximum absolute atomic E-state index is 12.1. The number of carbonyl (C=O) groups excluding carboxylic acids is 2. The fourth-order valence-corrected chi connectivity index (χ4v) is 2.30. The molecule has 0 radical (unpaired) electrons. The van der Waals surface area contributed by atoms with Gasteiger partial charge >= 0.3 is 11.9 Å². The number of ether oxygens (including phenoxy) is 2. The topological polar surface area (TPSA) is 52.6 Å². The molecule has 0 heterocycles. The monoisotopic (exact) mass is 410 g/mol. The number of hydrogen-bond donors (Lipinski definition) is 0. The first-order chi connectivity index (χ1) is 10.5. The van der Waals surface area contributed by atoms with Gasteiger partial charge in [0, 0.05) is 3.57 Å². The highest BCUT2D eigenvalue weighted by atomic mass is 127. The Morgan fingerprint density at radius 3 is 2.45 bits per heavy atom. The molecule has 5 heteroatoms. The molecular formula is C17H15IO4. The summed E-state index contributed by atoms with van der Waals surface area (Å²) in [6.07, 6.45) is 0. The van der Waals surface area contributed by atoms with Gasteiger partial charge in [-0.25, -0.2) is 9.59 Å². The first kappa shape index (κ1) is 16.5. The Morgan fingerprint density at radius 2 is 1.77 bits per heavy atom. The van der Waals surface area contributed by atoms with Crippen LogP contribution in [0.4, 0.5) is 0 Å². The molecule has 0 unspecified atom stereocenters. The van der Waals surface area contributed by atoms with E-state index in [1.54, 1.807) is 37.3 Å². The molecule has 2 aromatic rings. The van der Waals surface area contributed by atoms with Crippen molar-refractivity contribution < 1.29 is 19.1 Å². The van der Waals surface area contributed by atoms with Gasteiger partial charge in [-0.15, -0.1) is 0 Å². The first-order valence-corrected chi connectivity index (χ1v) is 7.84. The van der Waals surface area contributed by atoms with E-state index in [2.05, 4.69) is 22.6 Å². The van der Waals surface area contributed by atoms with Crippen LogP contribution in [-0.2, 0) is 4.74 Å². The van der Waals surface area contributed by atoms with Gasteiger partial charge in [0.05, 0.1) is 17.7 Å². The zero-order chi connectivity index (χ0) is 16.1. The molecule has 0 fully saturated rings. The van der Waals surface area contributed by atoms with Gasteiger partial charge in [0.25, 0.3) is 0 Å². The summed E-state index contributed by atoms with van der Waals surface area (Å²) in [6, 6.07) is 11.7. The molecular weight excluding hydrogens is 395 g/mol. The van der Waals surface area contributed by atoms with Crippen LogP contribution < -0.4 is 4.74 Å². The lowest BCUT2D eigenvalue weighted by molar-refractivity contribution is 0.0524. The van der Waals surface area contributed by atoms with Crippen molar-refractivity contribution in [2.75, 3.05) is 6.61 Å². The third kappa shape index (κ3) is 4.07. The molecule has 0 saturated heterocycles. The molecule has 0 aliphatic rings. The van der Waals surface area contributed by atoms with Crippen molar-refractivity contribution in [2.24, 2.45) is 0 Å². The summed E-state index contributed by atoms with van der Waals surface area (Å²) in [6.45, 7) is 4.01. The van der Waals surface area contributed by atoms with Crippen molar-refractivity contribution in [3.05, 3.63) is 62.7 Å². The van der Waals surface area contributed by atoms with Gasteiger partial charge in [0.1, 0.15) is 5.75 Å². The Bertz CT molecular complexity index is 710. The number of carbonyl (C=O) groups is 2. The second kappa shape index (κ2) is 7.40. The van der Waals surface area contributed by atoms with Crippen LogP contribution in [0.1, 0.15) is 33.2 Å². The van der Waals surface area contributed by atoms with E-state index in [0.29, 0.717) is 23.5 Å². The summed E-state index contributed by atoms with van der Waals surface area (Å²) in [5.41, 5.74) is 1.92. The Morgan fingerprint density at radius 1 is 1.05 bits per heavy atom. The quantitative estimate of drug-likeness (QED) is 0.435. The lowest BCUT2D eigenvalue weighted by Gasteiger charge is -2.07. The van der Waals surface area contributed by atoms with Crippen molar-refractivity contribution >= 4 is 34.5 Å². The molecule has 0 amide bonds. The molecule has 0 aliphatic heterocycles. The molecule has 0 atom stereocenters. The summed E-state index contributed by atoms with van der Waals surface area (Å²) in [5, 5.41) is 0. The van der Waals surface area contributed by atoms with Crippen molar-refractivity contribution in [1.29, 1.82) is 0 Å². The fourth-order valence-electron chi connectivity index (χ4n) is 1.79. The van der Waals surface area contributed by atoms with Gasteiger partial charge in [0.15, 0.2) is 0 Å². The predicted molar refractivity (Wildman–Crippen MR) is 91.3 cm³/mol. The Balaban J connectivity index is 2.16. The zero-order valence-corrected chi connectivity index (χ0v) is 14.4. The number of hydrogen-bond acceptors (Lipinski definition) is 4. The molecule has 0 bridgehead atoms. The summed E-state index contributed by atoms with van der Waals surface area (Å²) in [5.74, 6) is -0.588. The first-order valence-electron chi connectivity index (χ1n) is 6.76. The van der Waals surface area contributed by atoms with E-state index in [4.69, 9.17) is 9.47 Å². The van der Waals surface area contributed by atoms with Crippen LogP contribution in [0.5, 0.6) is 5.75 Å². The van der Waals surface area contributed by atoms with E-state index in [0.717, 1.165) is 9.13 Å². The molecule has 0 spiro atoms. The minimum Gasteiger partial charge on any atom is -0.462 e. The minimum absolute atomic E-state index is 0.296. The summed E-state index contributed by atoms with van der Waals surface area (Å²) < 4.78 is 11.2. The lowest BCUT2D eigenvalue weighted by Crippen LogP contribution is -2.10. The Kier molecular flexibility index (Phi) is 5.54. The average Bonchev–Trinajstić information content (AvgIpc) is 2.50. The highest BCUT2D eigenvalue weighted by Crippen LogP contribution is 2.18. The van der Waals surface area contributed by atoms with Gasteiger partial charge in [0.2, 0.25) is 0 Å². The largest absolute Gasteiger partial charge is 0.462 e. The van der Waals surface area contributed by atoms with E-state index in [-0.39, 0.29) is 0 Å². The molecule has 2 rings (SSSR count). The van der Waals surface area contributed by atoms with E-state index in [9.17, 15) is 9.59 Å². The van der Waals surface area contributed by atoms with E-state index in [1.807, 2.05) is 13.0 Å². The van der Waals surface area contributed by atoms with Gasteiger partial charge in [-0.1, -0.05) is 12.1 Å². The van der Waals surface area contributed by atoms with Crippen molar-refractivity contribution in [3.8, 4) is 5.75 Å². The number of halogens is 1. The molecule has 114 valence electrons. The SMILES string of the molecule is CCOC(=O)c1cccc(OC(=O)c2ccc(C)c(I)c2)c1. The Hall–Kier alpha value is -1.89. The standard InChI is InChI=1S/C17H15IO4/c1-3-21-16(19)12-5-4-6-14(9-12)22-17(20)13-8-7-11(2)15(18)10-13/h4-10H,3H2,1-2H3. The second-order valence-electron chi connectivity index (χ2n) is 4.60. The lowest BCUT2D eigenvalue weighted by atomic mass is 10.1. The number of benzene rings is 2. The van der Waals surface area contributed by atoms with Crippen molar-refractivity contribution in [2.45, 2.75) is 13.8 Å². The third-order valence-electron chi connectivity index (χ3n) is 2.96. The molecule has 0 aromatic heterocycles. The van der Waals surface area contributed by atoms with Crippen LogP contribution in [0.3, 0.4) is 0 Å². The van der Waals surface area contributed by atoms with Crippen LogP contribution in [0.2, 0.25) is 0 Å². The molecule has 0 aliphatic carbocycles. The minimum atomic E-state index is -0.459. The van der Waals surface area contributed by atoms with E-state index in [1.165, 1.54) is 6.07 Å². The van der Waals surface area contributed by atoms with Crippen molar-refractivity contribution in [3.63, 3.8) is 0 Å². The van der Waals surface area contributed by atoms with E-state index >= 15 is 0 Å². The normalized spacial score (nSPS) is 10.1. The molecule has 0 N–H and O–H groups in total. The van der Waals surface area contributed by atoms with Gasteiger partial charge in [-0.3, -0.25) is 0 Å². The maximum atomic E-state index is 12.1. The second-order valence-corrected chi connectivity index (χ2v) is 5.76. The molecule has 0 saturated carbocycles. The number of esters is 2. The van der Waals surface area contributed by atoms with Gasteiger partial charge in [-0.2, -0.15) is 0 Å². The molecule has 22 heavy (non-hydrogen) atoms. The average molecular weight is 410 g/mol. The van der Waals surface area contributed by atoms with Crippen LogP contribution in [0.25, 0.3) is 0 Å². The number of rotatable bonds is 4. The Labute approximate surface area is 142 Å². The fraction of sp³-hybridized carbons (Fsp3) is 0.176.